The zero-order chi connectivity index (χ0) is 18.6. The van der Waals surface area contributed by atoms with Crippen LogP contribution in [0.5, 0.6) is 0 Å². The molecular weight excluding hydrogens is 370 g/mol. The van der Waals surface area contributed by atoms with E-state index in [4.69, 9.17) is 0 Å². The molecule has 0 amide bonds. The van der Waals surface area contributed by atoms with E-state index >= 15 is 0 Å². The van der Waals surface area contributed by atoms with Gasteiger partial charge in [0.1, 0.15) is 0 Å². The van der Waals surface area contributed by atoms with E-state index in [1.165, 1.54) is 42.7 Å². The fourth-order valence-corrected chi connectivity index (χ4v) is 4.58. The summed E-state index contributed by atoms with van der Waals surface area (Å²) in [4.78, 5) is 12.5. The maximum absolute atomic E-state index is 12.8. The van der Waals surface area contributed by atoms with Crippen LogP contribution >= 0.6 is 11.3 Å². The lowest BCUT2D eigenvalue weighted by Gasteiger charge is -2.18. The number of methoxy groups -OCH3 is 1. The van der Waals surface area contributed by atoms with Gasteiger partial charge in [0.2, 0.25) is 10.0 Å². The summed E-state index contributed by atoms with van der Waals surface area (Å²) in [5.74, 6) is -0.511. The molecule has 134 valence electrons. The maximum atomic E-state index is 12.8. The molecule has 2 aromatic carbocycles. The lowest BCUT2D eigenvalue weighted by atomic mass is 10.1. The van der Waals surface area contributed by atoms with Crippen LogP contribution in [0.1, 0.15) is 26.8 Å². The molecule has 0 fully saturated rings. The third-order valence-corrected chi connectivity index (χ3v) is 6.20. The summed E-state index contributed by atoms with van der Waals surface area (Å²) in [7, 11) is -2.50. The summed E-state index contributed by atoms with van der Waals surface area (Å²) < 4.78 is 33.1. The van der Waals surface area contributed by atoms with Crippen LogP contribution in [0.3, 0.4) is 0 Å². The number of thiophene rings is 1. The van der Waals surface area contributed by atoms with Crippen molar-refractivity contribution in [3.63, 3.8) is 0 Å². The molecule has 0 saturated heterocycles. The molecule has 0 aliphatic heterocycles. The molecule has 1 N–H and O–H groups in total. The smallest absolute Gasteiger partial charge is 0.337 e. The van der Waals surface area contributed by atoms with Crippen LogP contribution in [-0.4, -0.2) is 21.5 Å². The lowest BCUT2D eigenvalue weighted by molar-refractivity contribution is 0.0600. The van der Waals surface area contributed by atoms with Crippen molar-refractivity contribution < 1.29 is 17.9 Å². The van der Waals surface area contributed by atoms with Crippen molar-refractivity contribution in [2.75, 3.05) is 7.11 Å². The third kappa shape index (κ3) is 4.01. The van der Waals surface area contributed by atoms with Gasteiger partial charge in [-0.3, -0.25) is 0 Å². The van der Waals surface area contributed by atoms with E-state index in [-0.39, 0.29) is 4.90 Å². The summed E-state index contributed by atoms with van der Waals surface area (Å²) in [5, 5.41) is 1.91. The second-order valence-electron chi connectivity index (χ2n) is 5.50. The average Bonchev–Trinajstić information content (AvgIpc) is 3.21. The van der Waals surface area contributed by atoms with Gasteiger partial charge in [-0.1, -0.05) is 36.4 Å². The predicted molar refractivity (Wildman–Crippen MR) is 101 cm³/mol. The van der Waals surface area contributed by atoms with Gasteiger partial charge in [0.25, 0.3) is 0 Å². The van der Waals surface area contributed by atoms with Crippen molar-refractivity contribution in [1.82, 2.24) is 4.72 Å². The van der Waals surface area contributed by atoms with Crippen LogP contribution < -0.4 is 4.72 Å². The SMILES string of the molecule is COC(=O)c1ccc(S(=O)(=O)N[C@@H](c2ccccc2)c2cccs2)cc1. The molecule has 0 spiro atoms. The highest BCUT2D eigenvalue weighted by Gasteiger charge is 2.23. The molecule has 7 heteroatoms. The molecule has 0 saturated carbocycles. The first kappa shape index (κ1) is 18.3. The topological polar surface area (TPSA) is 72.5 Å². The highest BCUT2D eigenvalue weighted by Crippen LogP contribution is 2.28. The fourth-order valence-electron chi connectivity index (χ4n) is 2.50. The van der Waals surface area contributed by atoms with Gasteiger partial charge in [-0.2, -0.15) is 4.72 Å². The number of esters is 1. The number of hydrogen-bond donors (Lipinski definition) is 1. The first-order valence-electron chi connectivity index (χ1n) is 7.80. The highest BCUT2D eigenvalue weighted by molar-refractivity contribution is 7.89. The monoisotopic (exact) mass is 387 g/mol. The van der Waals surface area contributed by atoms with E-state index in [2.05, 4.69) is 9.46 Å². The first-order chi connectivity index (χ1) is 12.5. The van der Waals surface area contributed by atoms with Crippen molar-refractivity contribution >= 4 is 27.3 Å². The van der Waals surface area contributed by atoms with Gasteiger partial charge >= 0.3 is 5.97 Å². The normalized spacial score (nSPS) is 12.5. The van der Waals surface area contributed by atoms with Crippen LogP contribution in [0.25, 0.3) is 0 Å². The molecule has 3 rings (SSSR count). The first-order valence-corrected chi connectivity index (χ1v) is 10.2. The number of sulfonamides is 1. The Hall–Kier alpha value is -2.48. The summed E-state index contributed by atoms with van der Waals surface area (Å²) in [6.45, 7) is 0. The van der Waals surface area contributed by atoms with Gasteiger partial charge < -0.3 is 4.74 Å². The molecule has 5 nitrogen and oxygen atoms in total. The Morgan fingerprint density at radius 3 is 2.27 bits per heavy atom. The molecule has 0 aliphatic carbocycles. The van der Waals surface area contributed by atoms with Crippen molar-refractivity contribution in [1.29, 1.82) is 0 Å². The van der Waals surface area contributed by atoms with E-state index in [0.717, 1.165) is 10.4 Å². The van der Waals surface area contributed by atoms with E-state index in [1.807, 2.05) is 47.8 Å². The molecule has 0 aliphatic rings. The summed E-state index contributed by atoms with van der Waals surface area (Å²) in [5.41, 5.74) is 1.15. The van der Waals surface area contributed by atoms with Crippen molar-refractivity contribution in [2.45, 2.75) is 10.9 Å². The summed E-state index contributed by atoms with van der Waals surface area (Å²) in [6, 6.07) is 18.3. The average molecular weight is 387 g/mol. The number of carbonyl (C=O) groups is 1. The van der Waals surface area contributed by atoms with Gasteiger partial charge in [-0.15, -0.1) is 11.3 Å². The van der Waals surface area contributed by atoms with E-state index in [0.29, 0.717) is 5.56 Å². The van der Waals surface area contributed by atoms with E-state index < -0.39 is 22.0 Å². The minimum Gasteiger partial charge on any atom is -0.465 e. The van der Waals surface area contributed by atoms with E-state index in [9.17, 15) is 13.2 Å². The van der Waals surface area contributed by atoms with Crippen LogP contribution in [0.15, 0.2) is 77.0 Å². The Labute approximate surface area is 156 Å². The Morgan fingerprint density at radius 2 is 1.69 bits per heavy atom. The van der Waals surface area contributed by atoms with Gasteiger partial charge in [-0.25, -0.2) is 13.2 Å². The summed E-state index contributed by atoms with van der Waals surface area (Å²) >= 11 is 1.48. The maximum Gasteiger partial charge on any atom is 0.337 e. The highest BCUT2D eigenvalue weighted by atomic mass is 32.2. The standard InChI is InChI=1S/C19H17NO4S2/c1-24-19(21)15-9-11-16(12-10-15)26(22,23)20-18(17-8-5-13-25-17)14-6-3-2-4-7-14/h2-13,18,20H,1H3/t18-/m0/s1. The summed E-state index contributed by atoms with van der Waals surface area (Å²) in [6.07, 6.45) is 0. The molecule has 0 unspecified atom stereocenters. The number of nitrogens with one attached hydrogen (secondary N) is 1. The van der Waals surface area contributed by atoms with Crippen LogP contribution in [0.2, 0.25) is 0 Å². The Kier molecular flexibility index (Phi) is 5.51. The number of hydrogen-bond acceptors (Lipinski definition) is 5. The van der Waals surface area contributed by atoms with Gasteiger partial charge in [-0.05, 0) is 41.3 Å². The van der Waals surface area contributed by atoms with Crippen LogP contribution in [0, 0.1) is 0 Å². The van der Waals surface area contributed by atoms with Crippen molar-refractivity contribution in [2.24, 2.45) is 0 Å². The number of rotatable bonds is 6. The molecule has 26 heavy (non-hydrogen) atoms. The molecule has 3 aromatic rings. The molecule has 0 bridgehead atoms. The number of benzene rings is 2. The van der Waals surface area contributed by atoms with Crippen LogP contribution in [0.4, 0.5) is 0 Å². The predicted octanol–water partition coefficient (Wildman–Crippen LogP) is 3.60. The zero-order valence-corrected chi connectivity index (χ0v) is 15.6. The minimum atomic E-state index is -3.78. The fraction of sp³-hybridized carbons (Fsp3) is 0.105. The molecular formula is C19H17NO4S2. The lowest BCUT2D eigenvalue weighted by Crippen LogP contribution is -2.29. The second kappa shape index (κ2) is 7.82. The quantitative estimate of drug-likeness (QED) is 0.656. The Bertz CT molecular complexity index is 966. The number of carbonyl (C=O) groups excluding carboxylic acids is 1. The largest absolute Gasteiger partial charge is 0.465 e. The molecule has 0 radical (unpaired) electrons. The van der Waals surface area contributed by atoms with Crippen molar-refractivity contribution in [3.8, 4) is 0 Å². The Balaban J connectivity index is 1.92. The van der Waals surface area contributed by atoms with Gasteiger partial charge in [0, 0.05) is 4.88 Å². The Morgan fingerprint density at radius 1 is 1.00 bits per heavy atom. The zero-order valence-electron chi connectivity index (χ0n) is 14.0. The second-order valence-corrected chi connectivity index (χ2v) is 8.19. The molecule has 1 aromatic heterocycles. The number of ether oxygens (including phenoxy) is 1. The third-order valence-electron chi connectivity index (χ3n) is 3.82. The van der Waals surface area contributed by atoms with Gasteiger partial charge in [0.05, 0.1) is 23.6 Å². The van der Waals surface area contributed by atoms with E-state index in [1.54, 1.807) is 0 Å². The molecule has 1 heterocycles. The van der Waals surface area contributed by atoms with Crippen LogP contribution in [-0.2, 0) is 14.8 Å². The van der Waals surface area contributed by atoms with Crippen molar-refractivity contribution in [3.05, 3.63) is 88.1 Å². The molecule has 1 atom stereocenters. The minimum absolute atomic E-state index is 0.0858. The van der Waals surface area contributed by atoms with Gasteiger partial charge in [0.15, 0.2) is 0 Å².